The quantitative estimate of drug-likeness (QED) is 0.713. The van der Waals surface area contributed by atoms with E-state index < -0.39 is 0 Å². The number of carbonyl (C=O) groups is 1. The van der Waals surface area contributed by atoms with Crippen LogP contribution in [0.3, 0.4) is 0 Å². The minimum absolute atomic E-state index is 0.276. The van der Waals surface area contributed by atoms with E-state index in [1.165, 1.54) is 7.11 Å². The second kappa shape index (κ2) is 4.83. The van der Waals surface area contributed by atoms with Crippen LogP contribution in [0.15, 0.2) is 24.5 Å². The van der Waals surface area contributed by atoms with E-state index in [1.54, 1.807) is 24.5 Å². The van der Waals surface area contributed by atoms with Crippen molar-refractivity contribution >= 4 is 11.7 Å². The largest absolute Gasteiger partial charge is 0.467 e. The molecule has 17 heavy (non-hydrogen) atoms. The van der Waals surface area contributed by atoms with Gasteiger partial charge in [-0.15, -0.1) is 0 Å². The molecule has 5 nitrogen and oxygen atoms in total. The van der Waals surface area contributed by atoms with Crippen molar-refractivity contribution in [3.63, 3.8) is 0 Å². The predicted molar refractivity (Wildman–Crippen MR) is 61.2 cm³/mol. The van der Waals surface area contributed by atoms with Gasteiger partial charge in [0.25, 0.3) is 0 Å². The van der Waals surface area contributed by atoms with Gasteiger partial charge in [-0.2, -0.15) is 5.26 Å². The summed E-state index contributed by atoms with van der Waals surface area (Å²) in [5, 5.41) is 9.11. The number of hydrogen-bond donors (Lipinski definition) is 0. The number of nitriles is 1. The van der Waals surface area contributed by atoms with E-state index in [0.29, 0.717) is 12.8 Å². The molecule has 1 aromatic rings. The number of aromatic nitrogens is 1. The Hall–Kier alpha value is -2.09. The van der Waals surface area contributed by atoms with Gasteiger partial charge in [0.05, 0.1) is 13.2 Å². The number of hydrogen-bond acceptors (Lipinski definition) is 5. The second-order valence-corrected chi connectivity index (χ2v) is 3.87. The van der Waals surface area contributed by atoms with Gasteiger partial charge >= 0.3 is 5.97 Å². The lowest BCUT2D eigenvalue weighted by atomic mass is 10.2. The molecule has 0 spiro atoms. The maximum atomic E-state index is 11.7. The summed E-state index contributed by atoms with van der Waals surface area (Å²) in [4.78, 5) is 17.4. The molecule has 2 rings (SSSR count). The Morgan fingerprint density at radius 1 is 1.53 bits per heavy atom. The molecule has 0 aromatic carbocycles. The average Bonchev–Trinajstić information content (AvgIpc) is 2.82. The number of nitrogens with zero attached hydrogens (tertiary/aromatic N) is 3. The lowest BCUT2D eigenvalue weighted by molar-refractivity contribution is -0.141. The lowest BCUT2D eigenvalue weighted by Gasteiger charge is -2.27. The Bertz CT molecular complexity index is 441. The normalized spacial score (nSPS) is 23.2. The molecule has 2 atom stereocenters. The summed E-state index contributed by atoms with van der Waals surface area (Å²) in [6.45, 7) is 0. The maximum Gasteiger partial charge on any atom is 0.328 e. The first-order valence-corrected chi connectivity index (χ1v) is 5.43. The van der Waals surface area contributed by atoms with Crippen molar-refractivity contribution in [1.29, 1.82) is 5.26 Å². The predicted octanol–water partition coefficient (Wildman–Crippen LogP) is 1.12. The van der Waals surface area contributed by atoms with E-state index in [0.717, 1.165) is 5.69 Å². The van der Waals surface area contributed by atoms with E-state index in [-0.39, 0.29) is 18.1 Å². The average molecular weight is 231 g/mol. The monoisotopic (exact) mass is 231 g/mol. The molecule has 2 heterocycles. The highest BCUT2D eigenvalue weighted by Gasteiger charge is 2.38. The van der Waals surface area contributed by atoms with Crippen molar-refractivity contribution in [2.45, 2.75) is 24.9 Å². The van der Waals surface area contributed by atoms with Crippen LogP contribution in [0.25, 0.3) is 0 Å². The van der Waals surface area contributed by atoms with Gasteiger partial charge in [-0.05, 0) is 25.0 Å². The fraction of sp³-hybridized carbons (Fsp3) is 0.417. The summed E-state index contributed by atoms with van der Waals surface area (Å²) >= 11 is 0. The van der Waals surface area contributed by atoms with E-state index in [1.807, 2.05) is 4.90 Å². The lowest BCUT2D eigenvalue weighted by Crippen LogP contribution is -2.41. The first-order valence-electron chi connectivity index (χ1n) is 5.43. The molecular formula is C12H13N3O2. The molecule has 0 amide bonds. The van der Waals surface area contributed by atoms with Crippen LogP contribution in [0.1, 0.15) is 12.8 Å². The number of methoxy groups -OCH3 is 1. The first kappa shape index (κ1) is 11.4. The van der Waals surface area contributed by atoms with E-state index >= 15 is 0 Å². The molecule has 1 aliphatic heterocycles. The third kappa shape index (κ3) is 2.07. The number of ether oxygens (including phenoxy) is 1. The molecular weight excluding hydrogens is 218 g/mol. The highest BCUT2D eigenvalue weighted by atomic mass is 16.5. The summed E-state index contributed by atoms with van der Waals surface area (Å²) < 4.78 is 4.77. The van der Waals surface area contributed by atoms with Crippen LogP contribution >= 0.6 is 0 Å². The Morgan fingerprint density at radius 2 is 2.24 bits per heavy atom. The molecule has 0 radical (unpaired) electrons. The molecule has 0 unspecified atom stereocenters. The van der Waals surface area contributed by atoms with Crippen LogP contribution in [-0.4, -0.2) is 30.1 Å². The second-order valence-electron chi connectivity index (χ2n) is 3.87. The van der Waals surface area contributed by atoms with Gasteiger partial charge in [-0.25, -0.2) is 4.79 Å². The number of esters is 1. The van der Waals surface area contributed by atoms with Gasteiger partial charge in [0, 0.05) is 18.1 Å². The molecule has 5 heteroatoms. The Labute approximate surface area is 99.6 Å². The molecule has 1 fully saturated rings. The van der Waals surface area contributed by atoms with E-state index in [2.05, 4.69) is 11.1 Å². The molecule has 1 aromatic heterocycles. The van der Waals surface area contributed by atoms with Crippen LogP contribution in [0, 0.1) is 11.3 Å². The zero-order chi connectivity index (χ0) is 12.3. The fourth-order valence-corrected chi connectivity index (χ4v) is 2.18. The maximum absolute atomic E-state index is 11.7. The number of carbonyl (C=O) groups excluding carboxylic acids is 1. The van der Waals surface area contributed by atoms with Crippen molar-refractivity contribution in [3.05, 3.63) is 24.5 Å². The zero-order valence-electron chi connectivity index (χ0n) is 9.54. The molecule has 0 saturated carbocycles. The summed E-state index contributed by atoms with van der Waals surface area (Å²) in [5.41, 5.74) is 0.833. The van der Waals surface area contributed by atoms with Gasteiger partial charge in [-0.3, -0.25) is 4.98 Å². The Kier molecular flexibility index (Phi) is 3.24. The summed E-state index contributed by atoms with van der Waals surface area (Å²) in [7, 11) is 1.37. The summed E-state index contributed by atoms with van der Waals surface area (Å²) in [6.07, 6.45) is 4.62. The number of anilines is 1. The standard InChI is InChI=1S/C12H13N3O2/c1-17-12(16)11-3-2-10(8-13)15(11)9-4-6-14-7-5-9/h4-7,10-11H,2-3H2,1H3/t10-,11-/m0/s1. The molecule has 0 aliphatic carbocycles. The Morgan fingerprint density at radius 3 is 2.82 bits per heavy atom. The van der Waals surface area contributed by atoms with Crippen LogP contribution in [0.4, 0.5) is 5.69 Å². The topological polar surface area (TPSA) is 66.2 Å². The van der Waals surface area contributed by atoms with Crippen molar-refractivity contribution in [2.24, 2.45) is 0 Å². The van der Waals surface area contributed by atoms with Crippen LogP contribution < -0.4 is 4.90 Å². The SMILES string of the molecule is COC(=O)[C@@H]1CC[C@@H](C#N)N1c1ccncc1. The van der Waals surface area contributed by atoms with Gasteiger partial charge < -0.3 is 9.64 Å². The van der Waals surface area contributed by atoms with Gasteiger partial charge in [-0.1, -0.05) is 0 Å². The third-order valence-electron chi connectivity index (χ3n) is 2.97. The first-order chi connectivity index (χ1) is 8.27. The molecule has 0 N–H and O–H groups in total. The van der Waals surface area contributed by atoms with Crippen LogP contribution in [0.5, 0.6) is 0 Å². The van der Waals surface area contributed by atoms with E-state index in [4.69, 9.17) is 10.00 Å². The molecule has 88 valence electrons. The summed E-state index contributed by atoms with van der Waals surface area (Å²) in [6, 6.07) is 5.17. The smallest absolute Gasteiger partial charge is 0.328 e. The van der Waals surface area contributed by atoms with Crippen LogP contribution in [0.2, 0.25) is 0 Å². The third-order valence-corrected chi connectivity index (χ3v) is 2.97. The number of rotatable bonds is 2. The minimum Gasteiger partial charge on any atom is -0.467 e. The Balaban J connectivity index is 2.32. The van der Waals surface area contributed by atoms with Crippen molar-refractivity contribution in [3.8, 4) is 6.07 Å². The number of pyridine rings is 1. The van der Waals surface area contributed by atoms with Crippen molar-refractivity contribution < 1.29 is 9.53 Å². The van der Waals surface area contributed by atoms with Gasteiger partial charge in [0.2, 0.25) is 0 Å². The molecule has 1 saturated heterocycles. The molecule has 1 aliphatic rings. The summed E-state index contributed by atoms with van der Waals surface area (Å²) in [5.74, 6) is -0.292. The van der Waals surface area contributed by atoms with Crippen molar-refractivity contribution in [1.82, 2.24) is 4.98 Å². The van der Waals surface area contributed by atoms with Gasteiger partial charge in [0.15, 0.2) is 0 Å². The highest BCUT2D eigenvalue weighted by molar-refractivity contribution is 5.81. The van der Waals surface area contributed by atoms with Gasteiger partial charge in [0.1, 0.15) is 12.1 Å². The fourth-order valence-electron chi connectivity index (χ4n) is 2.18. The highest BCUT2D eigenvalue weighted by Crippen LogP contribution is 2.30. The molecule has 0 bridgehead atoms. The van der Waals surface area contributed by atoms with Crippen molar-refractivity contribution in [2.75, 3.05) is 12.0 Å². The minimum atomic E-state index is -0.368. The van der Waals surface area contributed by atoms with Crippen LogP contribution in [-0.2, 0) is 9.53 Å². The zero-order valence-corrected chi connectivity index (χ0v) is 9.54. The van der Waals surface area contributed by atoms with E-state index in [9.17, 15) is 4.79 Å².